The van der Waals surface area contributed by atoms with Gasteiger partial charge >= 0.3 is 0 Å². The van der Waals surface area contributed by atoms with Crippen LogP contribution in [-0.4, -0.2) is 11.7 Å². The topological polar surface area (TPSA) is 53.1 Å². The van der Waals surface area contributed by atoms with Crippen LogP contribution in [0, 0.1) is 0 Å². The summed E-state index contributed by atoms with van der Waals surface area (Å²) < 4.78 is 6.75. The number of furan rings is 1. The normalized spacial score (nSPS) is 13.6. The van der Waals surface area contributed by atoms with Crippen molar-refractivity contribution < 1.29 is 4.42 Å². The summed E-state index contributed by atoms with van der Waals surface area (Å²) in [6, 6.07) is 80.6. The van der Waals surface area contributed by atoms with Crippen molar-refractivity contribution >= 4 is 50.7 Å². The molecule has 10 aromatic rings. The monoisotopic (exact) mass is 796 g/mol. The van der Waals surface area contributed by atoms with Gasteiger partial charge in [-0.2, -0.15) is 0 Å². The van der Waals surface area contributed by atoms with Crippen LogP contribution in [0.4, 0.5) is 17.1 Å². The highest BCUT2D eigenvalue weighted by molar-refractivity contribution is 6.15. The molecule has 0 spiro atoms. The summed E-state index contributed by atoms with van der Waals surface area (Å²) in [5.41, 5.74) is 14.4. The molecule has 1 unspecified atom stereocenters. The first kappa shape index (κ1) is 36.8. The van der Waals surface area contributed by atoms with Crippen LogP contribution in [0.15, 0.2) is 245 Å². The van der Waals surface area contributed by atoms with Crippen LogP contribution in [0.1, 0.15) is 22.9 Å². The fraction of sp³-hybridized carbons (Fsp3) is 0.0175. The van der Waals surface area contributed by atoms with E-state index in [-0.39, 0.29) is 0 Å². The summed E-state index contributed by atoms with van der Waals surface area (Å²) in [4.78, 5) is 12.9. The molecule has 294 valence electrons. The van der Waals surface area contributed by atoms with Crippen LogP contribution in [0.5, 0.6) is 0 Å². The maximum absolute atomic E-state index is 6.75. The number of nitrogens with zero attached hydrogens (tertiary/aromatic N) is 3. The van der Waals surface area contributed by atoms with Gasteiger partial charge in [-0.25, -0.2) is 9.98 Å². The molecule has 0 bridgehead atoms. The zero-order valence-corrected chi connectivity index (χ0v) is 33.8. The maximum atomic E-state index is 6.75. The average Bonchev–Trinajstić information content (AvgIpc) is 3.74. The first-order valence-electron chi connectivity index (χ1n) is 20.9. The van der Waals surface area contributed by atoms with E-state index < -0.39 is 6.17 Å². The molecule has 1 aliphatic rings. The minimum atomic E-state index is -0.489. The third-order valence-electron chi connectivity index (χ3n) is 11.5. The zero-order chi connectivity index (χ0) is 41.2. The Labute approximate surface area is 360 Å². The van der Waals surface area contributed by atoms with Crippen LogP contribution in [0.25, 0.3) is 55.3 Å². The first-order valence-corrected chi connectivity index (χ1v) is 20.9. The molecule has 9 aromatic carbocycles. The summed E-state index contributed by atoms with van der Waals surface area (Å²) >= 11 is 0. The Hall–Kier alpha value is -8.28. The van der Waals surface area contributed by atoms with Crippen molar-refractivity contribution in [2.24, 2.45) is 9.98 Å². The largest absolute Gasteiger partial charge is 0.456 e. The Balaban J connectivity index is 1.09. The van der Waals surface area contributed by atoms with E-state index in [2.05, 4.69) is 204 Å². The van der Waals surface area contributed by atoms with Gasteiger partial charge in [-0.05, 0) is 81.9 Å². The van der Waals surface area contributed by atoms with Gasteiger partial charge in [0, 0.05) is 33.5 Å². The summed E-state index contributed by atoms with van der Waals surface area (Å²) in [6.45, 7) is 0. The van der Waals surface area contributed by atoms with Crippen LogP contribution in [0.2, 0.25) is 0 Å². The molecular weight excluding hydrogens is 757 g/mol. The molecule has 1 atom stereocenters. The second-order valence-electron chi connectivity index (χ2n) is 15.4. The quantitative estimate of drug-likeness (QED) is 0.158. The minimum Gasteiger partial charge on any atom is -0.456 e. The molecule has 0 fully saturated rings. The van der Waals surface area contributed by atoms with Gasteiger partial charge in [-0.3, -0.25) is 0 Å². The summed E-state index contributed by atoms with van der Waals surface area (Å²) in [7, 11) is 0. The number of benzene rings is 9. The molecule has 0 saturated carbocycles. The van der Waals surface area contributed by atoms with Crippen LogP contribution >= 0.6 is 0 Å². The second kappa shape index (κ2) is 16.1. The van der Waals surface area contributed by atoms with E-state index in [1.54, 1.807) is 0 Å². The molecule has 0 radical (unpaired) electrons. The minimum absolute atomic E-state index is 0.489. The smallest absolute Gasteiger partial charge is 0.159 e. The van der Waals surface area contributed by atoms with Crippen molar-refractivity contribution in [1.82, 2.24) is 5.32 Å². The van der Waals surface area contributed by atoms with E-state index in [0.717, 1.165) is 83.8 Å². The SMILES string of the molecule is c1ccc(C2=NC(c3cc(N(c4ccc(-c5ccccc5)cc4)c4ccc(-c5ccccc5)cc4)c4c(c3)oc3ccccc34)NC(c3cccc(-c4ccccc4)c3)=N2)cc1. The fourth-order valence-corrected chi connectivity index (χ4v) is 8.44. The van der Waals surface area contributed by atoms with Crippen molar-refractivity contribution in [1.29, 1.82) is 0 Å². The molecule has 5 heteroatoms. The second-order valence-corrected chi connectivity index (χ2v) is 15.4. The van der Waals surface area contributed by atoms with Gasteiger partial charge in [0.1, 0.15) is 23.2 Å². The Bertz CT molecular complexity index is 3150. The van der Waals surface area contributed by atoms with Crippen LogP contribution in [-0.2, 0) is 0 Å². The fourth-order valence-electron chi connectivity index (χ4n) is 8.44. The van der Waals surface area contributed by atoms with E-state index in [0.29, 0.717) is 5.84 Å². The van der Waals surface area contributed by atoms with E-state index in [1.807, 2.05) is 36.4 Å². The standard InChI is InChI=1S/C57H40N4O/c1-5-16-39(17-6-1)42-28-32-48(33-29-42)61(49-34-30-43(31-35-49)40-18-7-2-8-19-40)51-37-47(38-53-54(51)50-26-13-14-27-52(50)62-53)57-59-55(44-22-11-4-12-23-44)58-56(60-57)46-25-15-24-45(36-46)41-20-9-3-10-21-41/h1-38,57H,(H,58,59,60). The molecule has 1 aromatic heterocycles. The van der Waals surface area contributed by atoms with Gasteiger partial charge in [0.05, 0.1) is 11.1 Å². The lowest BCUT2D eigenvalue weighted by atomic mass is 10.0. The number of nitrogens with one attached hydrogen (secondary N) is 1. The third-order valence-corrected chi connectivity index (χ3v) is 11.5. The summed E-state index contributed by atoms with van der Waals surface area (Å²) in [5, 5.41) is 5.83. The highest BCUT2D eigenvalue weighted by Gasteiger charge is 2.26. The number of aliphatic imine (C=N–C) groups is 2. The summed E-state index contributed by atoms with van der Waals surface area (Å²) in [5.74, 6) is 1.41. The van der Waals surface area contributed by atoms with Crippen LogP contribution in [0.3, 0.4) is 0 Å². The molecular formula is C57H40N4O. The van der Waals surface area contributed by atoms with E-state index >= 15 is 0 Å². The molecule has 2 heterocycles. The van der Waals surface area contributed by atoms with Gasteiger partial charge in [0.15, 0.2) is 5.84 Å². The van der Waals surface area contributed by atoms with Crippen molar-refractivity contribution in [2.75, 3.05) is 4.90 Å². The Kier molecular flexibility index (Phi) is 9.52. The molecule has 11 rings (SSSR count). The molecule has 0 saturated heterocycles. The molecule has 1 aliphatic heterocycles. The number of amidine groups is 2. The lowest BCUT2D eigenvalue weighted by Gasteiger charge is -2.29. The average molecular weight is 797 g/mol. The maximum Gasteiger partial charge on any atom is 0.159 e. The lowest BCUT2D eigenvalue weighted by molar-refractivity contribution is 0.655. The van der Waals surface area contributed by atoms with Crippen molar-refractivity contribution in [2.45, 2.75) is 6.17 Å². The molecule has 1 N–H and O–H groups in total. The van der Waals surface area contributed by atoms with E-state index in [9.17, 15) is 0 Å². The first-order chi connectivity index (χ1) is 30.7. The van der Waals surface area contributed by atoms with Gasteiger partial charge < -0.3 is 14.6 Å². The van der Waals surface area contributed by atoms with Crippen molar-refractivity contribution in [3.8, 4) is 33.4 Å². The van der Waals surface area contributed by atoms with Gasteiger partial charge in [-0.15, -0.1) is 0 Å². The zero-order valence-electron chi connectivity index (χ0n) is 33.8. The van der Waals surface area contributed by atoms with Gasteiger partial charge in [0.2, 0.25) is 0 Å². The predicted octanol–water partition coefficient (Wildman–Crippen LogP) is 14.6. The number of anilines is 3. The third kappa shape index (κ3) is 7.12. The Morgan fingerprint density at radius 2 is 0.887 bits per heavy atom. The number of fused-ring (bicyclic) bond motifs is 3. The van der Waals surface area contributed by atoms with Crippen LogP contribution < -0.4 is 10.2 Å². The molecule has 0 amide bonds. The number of rotatable bonds is 9. The Morgan fingerprint density at radius 1 is 0.403 bits per heavy atom. The number of hydrogen-bond donors (Lipinski definition) is 1. The molecule has 0 aliphatic carbocycles. The highest BCUT2D eigenvalue weighted by Crippen LogP contribution is 2.45. The lowest BCUT2D eigenvalue weighted by Crippen LogP contribution is -2.33. The number of hydrogen-bond acceptors (Lipinski definition) is 5. The number of para-hydroxylation sites is 1. The Morgan fingerprint density at radius 3 is 1.48 bits per heavy atom. The van der Waals surface area contributed by atoms with E-state index in [1.165, 1.54) is 11.1 Å². The van der Waals surface area contributed by atoms with Crippen molar-refractivity contribution in [3.05, 3.63) is 247 Å². The molecule has 62 heavy (non-hydrogen) atoms. The van der Waals surface area contributed by atoms with Gasteiger partial charge in [-0.1, -0.05) is 182 Å². The predicted molar refractivity (Wildman–Crippen MR) is 257 cm³/mol. The summed E-state index contributed by atoms with van der Waals surface area (Å²) in [6.07, 6.45) is -0.489. The van der Waals surface area contributed by atoms with E-state index in [4.69, 9.17) is 14.4 Å². The van der Waals surface area contributed by atoms with Crippen molar-refractivity contribution in [3.63, 3.8) is 0 Å². The highest BCUT2D eigenvalue weighted by atomic mass is 16.3. The van der Waals surface area contributed by atoms with Gasteiger partial charge in [0.25, 0.3) is 0 Å². The molecule has 5 nitrogen and oxygen atoms in total.